The smallest absolute Gasteiger partial charge is 0.261 e. The highest BCUT2D eigenvalue weighted by Gasteiger charge is 2.42. The van der Waals surface area contributed by atoms with E-state index in [1.165, 1.54) is 11.3 Å². The molecule has 0 N–H and O–H groups in total. The molecule has 2 aliphatic rings. The number of hydrogen-bond acceptors (Lipinski definition) is 4. The molecule has 0 unspecified atom stereocenters. The Labute approximate surface area is 140 Å². The van der Waals surface area contributed by atoms with Gasteiger partial charge in [-0.1, -0.05) is 11.6 Å². The first-order valence-electron chi connectivity index (χ1n) is 7.35. The summed E-state index contributed by atoms with van der Waals surface area (Å²) in [6.07, 6.45) is 2.92. The molecule has 1 aliphatic carbocycles. The van der Waals surface area contributed by atoms with Gasteiger partial charge >= 0.3 is 0 Å². The van der Waals surface area contributed by atoms with Gasteiger partial charge in [-0.15, -0.1) is 11.3 Å². The number of rotatable bonds is 1. The number of fused-ring (bicyclic) bond motifs is 1. The summed E-state index contributed by atoms with van der Waals surface area (Å²) in [5, 5.41) is 0.882. The molecule has 0 radical (unpaired) electrons. The molecule has 4 nitrogen and oxygen atoms in total. The van der Waals surface area contributed by atoms with Gasteiger partial charge < -0.3 is 0 Å². The molecule has 0 saturated heterocycles. The van der Waals surface area contributed by atoms with Crippen LogP contribution in [0.3, 0.4) is 0 Å². The van der Waals surface area contributed by atoms with Crippen molar-refractivity contribution in [3.63, 3.8) is 0 Å². The molecular weight excluding hydrogens is 339 g/mol. The SMILES string of the molecule is Cc1nc2c(Cl)cc(F)c(N3C(=O)C4=C(CCCC4)C3=O)c2s1. The van der Waals surface area contributed by atoms with E-state index in [0.29, 0.717) is 39.2 Å². The lowest BCUT2D eigenvalue weighted by Crippen LogP contribution is -2.32. The highest BCUT2D eigenvalue weighted by atomic mass is 35.5. The van der Waals surface area contributed by atoms with Crippen molar-refractivity contribution in [2.24, 2.45) is 0 Å². The summed E-state index contributed by atoms with van der Waals surface area (Å²) in [5.74, 6) is -1.48. The van der Waals surface area contributed by atoms with Crippen molar-refractivity contribution < 1.29 is 14.0 Å². The Hall–Kier alpha value is -1.79. The lowest BCUT2D eigenvalue weighted by molar-refractivity contribution is -0.120. The fourth-order valence-corrected chi connectivity index (χ4v) is 4.52. The van der Waals surface area contributed by atoms with E-state index >= 15 is 0 Å². The average Bonchev–Trinajstić information content (AvgIpc) is 3.02. The number of carbonyl (C=O) groups excluding carboxylic acids is 2. The summed E-state index contributed by atoms with van der Waals surface area (Å²) in [6, 6.07) is 1.12. The maximum atomic E-state index is 14.6. The zero-order valence-corrected chi connectivity index (χ0v) is 13.9. The summed E-state index contributed by atoms with van der Waals surface area (Å²) in [7, 11) is 0. The minimum atomic E-state index is -0.673. The summed E-state index contributed by atoms with van der Waals surface area (Å²) < 4.78 is 15.0. The Morgan fingerprint density at radius 3 is 2.43 bits per heavy atom. The summed E-state index contributed by atoms with van der Waals surface area (Å²) >= 11 is 7.29. The Morgan fingerprint density at radius 1 is 1.22 bits per heavy atom. The Morgan fingerprint density at radius 2 is 1.83 bits per heavy atom. The van der Waals surface area contributed by atoms with Crippen LogP contribution in [0.2, 0.25) is 5.02 Å². The number of carbonyl (C=O) groups is 2. The lowest BCUT2D eigenvalue weighted by Gasteiger charge is -2.17. The Kier molecular flexibility index (Phi) is 3.28. The topological polar surface area (TPSA) is 50.3 Å². The van der Waals surface area contributed by atoms with E-state index in [4.69, 9.17) is 11.6 Å². The van der Waals surface area contributed by atoms with Crippen LogP contribution >= 0.6 is 22.9 Å². The van der Waals surface area contributed by atoms with Gasteiger partial charge in [-0.05, 0) is 38.7 Å². The molecule has 1 aliphatic heterocycles. The molecule has 2 aromatic rings. The molecule has 0 bridgehead atoms. The molecule has 7 heteroatoms. The van der Waals surface area contributed by atoms with Crippen molar-refractivity contribution in [3.8, 4) is 0 Å². The second-order valence-corrected chi connectivity index (χ2v) is 7.32. The third kappa shape index (κ3) is 2.05. The van der Waals surface area contributed by atoms with Gasteiger partial charge in [0, 0.05) is 11.1 Å². The van der Waals surface area contributed by atoms with E-state index < -0.39 is 17.6 Å². The van der Waals surface area contributed by atoms with Gasteiger partial charge in [0.15, 0.2) is 5.82 Å². The lowest BCUT2D eigenvalue weighted by atomic mass is 9.93. The van der Waals surface area contributed by atoms with Crippen molar-refractivity contribution in [3.05, 3.63) is 33.1 Å². The normalized spacial score (nSPS) is 18.3. The minimum absolute atomic E-state index is 0.0144. The number of halogens is 2. The van der Waals surface area contributed by atoms with Gasteiger partial charge in [0.2, 0.25) is 0 Å². The number of thiazole rings is 1. The van der Waals surface area contributed by atoms with Crippen molar-refractivity contribution in [2.45, 2.75) is 32.6 Å². The predicted molar refractivity (Wildman–Crippen MR) is 87.3 cm³/mol. The summed E-state index contributed by atoms with van der Waals surface area (Å²) in [4.78, 5) is 30.6. The van der Waals surface area contributed by atoms with Crippen molar-refractivity contribution in [2.75, 3.05) is 4.90 Å². The number of imide groups is 1. The van der Waals surface area contributed by atoms with E-state index in [1.807, 2.05) is 0 Å². The van der Waals surface area contributed by atoms with Crippen LogP contribution in [0.1, 0.15) is 30.7 Å². The molecule has 0 saturated carbocycles. The number of benzene rings is 1. The molecule has 1 aromatic heterocycles. The van der Waals surface area contributed by atoms with Gasteiger partial charge in [-0.3, -0.25) is 9.59 Å². The largest absolute Gasteiger partial charge is 0.269 e. The Bertz CT molecular complexity index is 890. The molecular formula is C16H12ClFN2O2S. The molecule has 0 atom stereocenters. The molecule has 118 valence electrons. The van der Waals surface area contributed by atoms with Crippen LogP contribution in [0.15, 0.2) is 17.2 Å². The van der Waals surface area contributed by atoms with E-state index in [2.05, 4.69) is 4.98 Å². The predicted octanol–water partition coefficient (Wildman–Crippen LogP) is 4.14. The molecule has 2 amide bonds. The Balaban J connectivity index is 1.94. The number of amides is 2. The number of nitrogens with zero attached hydrogens (tertiary/aromatic N) is 2. The first-order valence-corrected chi connectivity index (χ1v) is 8.54. The number of aromatic nitrogens is 1. The minimum Gasteiger partial charge on any atom is -0.269 e. The van der Waals surface area contributed by atoms with Gasteiger partial charge in [0.05, 0.1) is 14.7 Å². The number of anilines is 1. The van der Waals surface area contributed by atoms with Crippen LogP contribution in [0, 0.1) is 12.7 Å². The third-order valence-electron chi connectivity index (χ3n) is 4.27. The van der Waals surface area contributed by atoms with E-state index in [0.717, 1.165) is 23.8 Å². The van der Waals surface area contributed by atoms with Crippen LogP contribution in [-0.4, -0.2) is 16.8 Å². The van der Waals surface area contributed by atoms with Crippen molar-refractivity contribution in [1.29, 1.82) is 0 Å². The van der Waals surface area contributed by atoms with E-state index in [9.17, 15) is 14.0 Å². The monoisotopic (exact) mass is 350 g/mol. The molecule has 23 heavy (non-hydrogen) atoms. The van der Waals surface area contributed by atoms with Crippen molar-refractivity contribution >= 4 is 50.7 Å². The maximum Gasteiger partial charge on any atom is 0.261 e. The second kappa shape index (κ2) is 5.11. The van der Waals surface area contributed by atoms with E-state index in [1.54, 1.807) is 6.92 Å². The van der Waals surface area contributed by atoms with Crippen LogP contribution in [0.25, 0.3) is 10.2 Å². The fraction of sp³-hybridized carbons (Fsp3) is 0.312. The first kappa shape index (κ1) is 14.8. The standard InChI is InChI=1S/C16H12ClFN2O2S/c1-7-19-12-10(17)6-11(18)13(14(12)23-7)20-15(21)8-4-2-3-5-9(8)16(20)22/h6H,2-5H2,1H3. The molecule has 0 spiro atoms. The molecule has 4 rings (SSSR count). The molecule has 0 fully saturated rings. The van der Waals surface area contributed by atoms with E-state index in [-0.39, 0.29) is 10.7 Å². The van der Waals surface area contributed by atoms with Crippen LogP contribution in [0.5, 0.6) is 0 Å². The van der Waals surface area contributed by atoms with Gasteiger partial charge in [-0.25, -0.2) is 14.3 Å². The number of aryl methyl sites for hydroxylation is 1. The van der Waals surface area contributed by atoms with Crippen LogP contribution in [0.4, 0.5) is 10.1 Å². The first-order chi connectivity index (χ1) is 11.0. The highest BCUT2D eigenvalue weighted by Crippen LogP contribution is 2.43. The summed E-state index contributed by atoms with van der Waals surface area (Å²) in [5.41, 5.74) is 1.48. The second-order valence-electron chi connectivity index (χ2n) is 5.71. The maximum absolute atomic E-state index is 14.6. The molecule has 1 aromatic carbocycles. The fourth-order valence-electron chi connectivity index (χ4n) is 3.26. The summed E-state index contributed by atoms with van der Waals surface area (Å²) in [6.45, 7) is 1.78. The highest BCUT2D eigenvalue weighted by molar-refractivity contribution is 7.19. The number of hydrogen-bond donors (Lipinski definition) is 0. The van der Waals surface area contributed by atoms with Gasteiger partial charge in [0.25, 0.3) is 11.8 Å². The zero-order chi connectivity index (χ0) is 16.3. The van der Waals surface area contributed by atoms with Crippen LogP contribution in [-0.2, 0) is 9.59 Å². The quantitative estimate of drug-likeness (QED) is 0.726. The van der Waals surface area contributed by atoms with Gasteiger partial charge in [-0.2, -0.15) is 0 Å². The zero-order valence-electron chi connectivity index (χ0n) is 12.3. The van der Waals surface area contributed by atoms with Crippen LogP contribution < -0.4 is 4.90 Å². The van der Waals surface area contributed by atoms with Gasteiger partial charge in [0.1, 0.15) is 11.2 Å². The average molecular weight is 351 g/mol. The van der Waals surface area contributed by atoms with Crippen molar-refractivity contribution in [1.82, 2.24) is 4.98 Å². The molecule has 2 heterocycles. The third-order valence-corrected chi connectivity index (χ3v) is 5.53.